The zero-order valence-corrected chi connectivity index (χ0v) is 18.9. The summed E-state index contributed by atoms with van der Waals surface area (Å²) < 4.78 is 0. The van der Waals surface area contributed by atoms with Gasteiger partial charge in [0.25, 0.3) is 0 Å². The van der Waals surface area contributed by atoms with Crippen LogP contribution in [-0.2, 0) is 5.54 Å². The number of nitrogens with zero attached hydrogens (tertiary/aromatic N) is 2. The highest BCUT2D eigenvalue weighted by atomic mass is 15.3. The minimum Gasteiger partial charge on any atom is -0.181 e. The summed E-state index contributed by atoms with van der Waals surface area (Å²) in [5, 5.41) is 10.4. The van der Waals surface area contributed by atoms with Crippen molar-refractivity contribution in [3.05, 3.63) is 114 Å². The van der Waals surface area contributed by atoms with Crippen LogP contribution < -0.4 is 0 Å². The Labute approximate surface area is 191 Å². The van der Waals surface area contributed by atoms with Gasteiger partial charge in [-0.25, -0.2) is 0 Å². The molecule has 1 aliphatic heterocycles. The maximum Gasteiger partial charge on any atom is 0.117 e. The molecule has 0 saturated heterocycles. The van der Waals surface area contributed by atoms with E-state index in [-0.39, 0.29) is 16.5 Å². The lowest BCUT2D eigenvalue weighted by Crippen LogP contribution is -2.45. The van der Waals surface area contributed by atoms with Crippen LogP contribution >= 0.6 is 0 Å². The molecule has 0 spiro atoms. The number of hydrogen-bond acceptors (Lipinski definition) is 2. The Hall–Kier alpha value is -3.00. The second-order valence-electron chi connectivity index (χ2n) is 10.2. The zero-order chi connectivity index (χ0) is 21.8. The summed E-state index contributed by atoms with van der Waals surface area (Å²) in [7, 11) is 0. The molecule has 4 atom stereocenters. The van der Waals surface area contributed by atoms with Gasteiger partial charge in [0.15, 0.2) is 0 Å². The van der Waals surface area contributed by atoms with Crippen molar-refractivity contribution in [3.63, 3.8) is 0 Å². The highest BCUT2D eigenvalue weighted by molar-refractivity contribution is 5.81. The third-order valence-corrected chi connectivity index (χ3v) is 8.69. The normalized spacial score (nSPS) is 31.4. The Morgan fingerprint density at radius 1 is 0.719 bits per heavy atom. The van der Waals surface area contributed by atoms with Crippen LogP contribution in [0.2, 0.25) is 0 Å². The van der Waals surface area contributed by atoms with E-state index in [0.717, 1.165) is 0 Å². The van der Waals surface area contributed by atoms with Crippen LogP contribution in [0, 0.1) is 17.3 Å². The minimum atomic E-state index is -0.301. The largest absolute Gasteiger partial charge is 0.181 e. The molecule has 3 aromatic rings. The molecule has 0 N–H and O–H groups in total. The van der Waals surface area contributed by atoms with Crippen molar-refractivity contribution in [2.45, 2.75) is 44.2 Å². The molecule has 2 heteroatoms. The average molecular weight is 419 g/mol. The van der Waals surface area contributed by atoms with E-state index in [1.165, 1.54) is 41.5 Å². The molecule has 0 amide bonds. The lowest BCUT2D eigenvalue weighted by atomic mass is 9.62. The molecule has 1 heterocycles. The highest BCUT2D eigenvalue weighted by Gasteiger charge is 2.77. The topological polar surface area (TPSA) is 24.7 Å². The summed E-state index contributed by atoms with van der Waals surface area (Å²) in [6.07, 6.45) is 6.24. The van der Waals surface area contributed by atoms with Crippen LogP contribution in [-0.4, -0.2) is 5.54 Å². The van der Waals surface area contributed by atoms with Crippen molar-refractivity contribution in [1.82, 2.24) is 0 Å². The molecule has 3 aromatic carbocycles. The Morgan fingerprint density at radius 3 is 1.84 bits per heavy atom. The zero-order valence-electron chi connectivity index (χ0n) is 18.9. The molecular formula is C30H30N2. The number of azo groups is 1. The first-order valence-electron chi connectivity index (χ1n) is 11.9. The molecule has 2 nitrogen and oxygen atoms in total. The number of rotatable bonds is 4. The lowest BCUT2D eigenvalue weighted by Gasteiger charge is -2.40. The third kappa shape index (κ3) is 2.41. The van der Waals surface area contributed by atoms with E-state index in [0.29, 0.717) is 11.8 Å². The van der Waals surface area contributed by atoms with Crippen molar-refractivity contribution in [1.29, 1.82) is 0 Å². The van der Waals surface area contributed by atoms with Crippen molar-refractivity contribution < 1.29 is 0 Å². The molecule has 2 saturated carbocycles. The van der Waals surface area contributed by atoms with E-state index in [9.17, 15) is 0 Å². The Kier molecular flexibility index (Phi) is 4.30. The summed E-state index contributed by atoms with van der Waals surface area (Å²) >= 11 is 0. The molecule has 2 bridgehead atoms. The minimum absolute atomic E-state index is 0.105. The van der Waals surface area contributed by atoms with E-state index in [1.807, 2.05) is 0 Å². The standard InChI is InChI=1S/C30H30N2/c1-28(2)29(21-25(22-13-6-3-7-14-22)23-15-8-4-9-16-23)26-19-12-20-27(26)30(28,32-31-29)24-17-10-5-11-18-24/h3-11,13-18,21,26-27H,12,19-20H2,1-2H3/t26-,27+,29-,30+/m0/s1. The van der Waals surface area contributed by atoms with Crippen molar-refractivity contribution in [3.8, 4) is 0 Å². The smallest absolute Gasteiger partial charge is 0.117 e. The van der Waals surface area contributed by atoms with Crippen molar-refractivity contribution in [2.75, 3.05) is 0 Å². The average Bonchev–Trinajstić information content (AvgIpc) is 3.46. The molecule has 3 aliphatic rings. The summed E-state index contributed by atoms with van der Waals surface area (Å²) in [4.78, 5) is 0. The molecule has 2 fully saturated rings. The van der Waals surface area contributed by atoms with Gasteiger partial charge in [-0.05, 0) is 53.0 Å². The van der Waals surface area contributed by atoms with Crippen molar-refractivity contribution in [2.24, 2.45) is 27.5 Å². The van der Waals surface area contributed by atoms with Crippen molar-refractivity contribution >= 4 is 5.57 Å². The van der Waals surface area contributed by atoms with Crippen LogP contribution in [0.25, 0.3) is 5.57 Å². The van der Waals surface area contributed by atoms with Crippen LogP contribution in [0.4, 0.5) is 0 Å². The number of fused-ring (bicyclic) bond motifs is 5. The summed E-state index contributed by atoms with van der Waals surface area (Å²) in [5.74, 6) is 1.07. The van der Waals surface area contributed by atoms with Gasteiger partial charge in [0.2, 0.25) is 0 Å². The van der Waals surface area contributed by atoms with Gasteiger partial charge < -0.3 is 0 Å². The van der Waals surface area contributed by atoms with E-state index in [4.69, 9.17) is 10.2 Å². The van der Waals surface area contributed by atoms with Gasteiger partial charge in [-0.1, -0.05) is 111 Å². The third-order valence-electron chi connectivity index (χ3n) is 8.69. The van der Waals surface area contributed by atoms with Gasteiger partial charge in [-0.3, -0.25) is 0 Å². The summed E-state index contributed by atoms with van der Waals surface area (Å²) in [5.41, 5.74) is 4.45. The van der Waals surface area contributed by atoms with Gasteiger partial charge in [0, 0.05) is 5.41 Å². The number of benzene rings is 3. The van der Waals surface area contributed by atoms with Gasteiger partial charge in [0.05, 0.1) is 0 Å². The second kappa shape index (κ2) is 7.00. The van der Waals surface area contributed by atoms with Crippen LogP contribution in [0.15, 0.2) is 107 Å². The first-order chi connectivity index (χ1) is 15.6. The molecule has 6 rings (SSSR count). The molecule has 0 unspecified atom stereocenters. The molecule has 0 aromatic heterocycles. The van der Waals surface area contributed by atoms with E-state index in [1.54, 1.807) is 0 Å². The van der Waals surface area contributed by atoms with Gasteiger partial charge >= 0.3 is 0 Å². The second-order valence-corrected chi connectivity index (χ2v) is 10.2. The van der Waals surface area contributed by atoms with Crippen LogP contribution in [0.3, 0.4) is 0 Å². The monoisotopic (exact) mass is 418 g/mol. The lowest BCUT2D eigenvalue weighted by molar-refractivity contribution is 0.164. The van der Waals surface area contributed by atoms with E-state index in [2.05, 4.69) is 111 Å². The Morgan fingerprint density at radius 2 is 1.25 bits per heavy atom. The molecule has 32 heavy (non-hydrogen) atoms. The molecular weight excluding hydrogens is 388 g/mol. The summed E-state index contributed by atoms with van der Waals surface area (Å²) in [6, 6.07) is 32.6. The highest BCUT2D eigenvalue weighted by Crippen LogP contribution is 2.75. The van der Waals surface area contributed by atoms with Gasteiger partial charge in [0.1, 0.15) is 11.1 Å². The fourth-order valence-electron chi connectivity index (χ4n) is 7.21. The van der Waals surface area contributed by atoms with E-state index >= 15 is 0 Å². The SMILES string of the molecule is CC1(C)[C@@]2(C=C(c3ccccc3)c3ccccc3)N=N[C@]1(c1ccccc1)[C@@H]1CCC[C@@H]12. The maximum atomic E-state index is 5.22. The van der Waals surface area contributed by atoms with Crippen LogP contribution in [0.5, 0.6) is 0 Å². The first-order valence-corrected chi connectivity index (χ1v) is 11.9. The molecule has 160 valence electrons. The summed E-state index contributed by atoms with van der Waals surface area (Å²) in [6.45, 7) is 4.84. The Bertz CT molecular complexity index is 1140. The Balaban J connectivity index is 1.59. The van der Waals surface area contributed by atoms with Gasteiger partial charge in [-0.2, -0.15) is 10.2 Å². The number of hydrogen-bond donors (Lipinski definition) is 0. The van der Waals surface area contributed by atoms with Gasteiger partial charge in [-0.15, -0.1) is 0 Å². The maximum absolute atomic E-state index is 5.22. The fraction of sp³-hybridized carbons (Fsp3) is 0.333. The predicted molar refractivity (Wildman–Crippen MR) is 130 cm³/mol. The molecule has 2 aliphatic carbocycles. The quantitative estimate of drug-likeness (QED) is 0.415. The predicted octanol–water partition coefficient (Wildman–Crippen LogP) is 7.67. The van der Waals surface area contributed by atoms with Crippen LogP contribution in [0.1, 0.15) is 49.8 Å². The molecule has 0 radical (unpaired) electrons. The fourth-order valence-corrected chi connectivity index (χ4v) is 7.21. The first kappa shape index (κ1) is 19.7. The van der Waals surface area contributed by atoms with E-state index < -0.39 is 0 Å².